The second-order valence-electron chi connectivity index (χ2n) is 7.59. The van der Waals surface area contributed by atoms with E-state index in [1.54, 1.807) is 23.1 Å². The number of hydrogen-bond donors (Lipinski definition) is 1. The van der Waals surface area contributed by atoms with Gasteiger partial charge < -0.3 is 10.6 Å². The Kier molecular flexibility index (Phi) is 6.81. The van der Waals surface area contributed by atoms with Gasteiger partial charge in [-0.3, -0.25) is 4.79 Å². The summed E-state index contributed by atoms with van der Waals surface area (Å²) < 4.78 is 39.2. The summed E-state index contributed by atoms with van der Waals surface area (Å²) in [4.78, 5) is 14.9. The van der Waals surface area contributed by atoms with Gasteiger partial charge in [0.1, 0.15) is 6.04 Å². The minimum atomic E-state index is -4.41. The Bertz CT molecular complexity index is 1050. The van der Waals surface area contributed by atoms with Crippen LogP contribution in [0.15, 0.2) is 72.8 Å². The predicted molar refractivity (Wildman–Crippen MR) is 117 cm³/mol. The number of carbonyl (C=O) groups is 1. The second-order valence-corrected chi connectivity index (χ2v) is 7.59. The SMILES string of the molecule is Cc1ccc(N(CCc2cccc(C(F)(F)F)c2)C(=O)[C@@H](N)c2ccccc2)cc1C. The minimum Gasteiger partial charge on any atom is -0.316 e. The number of benzene rings is 3. The highest BCUT2D eigenvalue weighted by Gasteiger charge is 2.30. The molecule has 0 fully saturated rings. The number of hydrogen-bond acceptors (Lipinski definition) is 2. The molecule has 0 aliphatic rings. The fourth-order valence-electron chi connectivity index (χ4n) is 3.37. The highest BCUT2D eigenvalue weighted by Crippen LogP contribution is 2.30. The number of alkyl halides is 3. The van der Waals surface area contributed by atoms with Crippen molar-refractivity contribution >= 4 is 11.6 Å². The van der Waals surface area contributed by atoms with Crippen molar-refractivity contribution in [3.05, 3.63) is 101 Å². The van der Waals surface area contributed by atoms with Gasteiger partial charge in [-0.1, -0.05) is 54.6 Å². The number of halogens is 3. The van der Waals surface area contributed by atoms with Crippen LogP contribution in [-0.2, 0) is 17.4 Å². The average Bonchev–Trinajstić information content (AvgIpc) is 2.76. The molecule has 0 radical (unpaired) electrons. The standard InChI is InChI=1S/C25H25F3N2O/c1-17-11-12-22(15-18(17)2)30(24(31)23(29)20-8-4-3-5-9-20)14-13-19-7-6-10-21(16-19)25(26,27)28/h3-12,15-16,23H,13-14,29H2,1-2H3/t23-/m0/s1. The van der Waals surface area contributed by atoms with Crippen molar-refractivity contribution in [1.29, 1.82) is 0 Å². The Morgan fingerprint density at radius 2 is 1.65 bits per heavy atom. The van der Waals surface area contributed by atoms with Crippen LogP contribution in [0.25, 0.3) is 0 Å². The third-order valence-corrected chi connectivity index (χ3v) is 5.37. The van der Waals surface area contributed by atoms with Crippen LogP contribution in [-0.4, -0.2) is 12.5 Å². The third-order valence-electron chi connectivity index (χ3n) is 5.37. The molecular weight excluding hydrogens is 401 g/mol. The molecule has 31 heavy (non-hydrogen) atoms. The van der Waals surface area contributed by atoms with Crippen molar-refractivity contribution in [2.24, 2.45) is 5.73 Å². The summed E-state index contributed by atoms with van der Waals surface area (Å²) in [6.07, 6.45) is -4.14. The van der Waals surface area contributed by atoms with Gasteiger partial charge in [-0.25, -0.2) is 0 Å². The first-order valence-corrected chi connectivity index (χ1v) is 10.0. The molecule has 3 nitrogen and oxygen atoms in total. The van der Waals surface area contributed by atoms with Crippen molar-refractivity contribution in [3.63, 3.8) is 0 Å². The molecule has 162 valence electrons. The van der Waals surface area contributed by atoms with Crippen LogP contribution in [0.3, 0.4) is 0 Å². The van der Waals surface area contributed by atoms with Gasteiger partial charge in [-0.2, -0.15) is 13.2 Å². The van der Waals surface area contributed by atoms with Crippen LogP contribution >= 0.6 is 0 Å². The number of aryl methyl sites for hydroxylation is 2. The van der Waals surface area contributed by atoms with Gasteiger partial charge in [0.05, 0.1) is 5.56 Å². The molecule has 3 aromatic rings. The summed E-state index contributed by atoms with van der Waals surface area (Å²) in [7, 11) is 0. The van der Waals surface area contributed by atoms with Crippen molar-refractivity contribution in [2.75, 3.05) is 11.4 Å². The molecule has 0 unspecified atom stereocenters. The van der Waals surface area contributed by atoms with E-state index in [0.717, 1.165) is 23.3 Å². The number of rotatable bonds is 6. The topological polar surface area (TPSA) is 46.3 Å². The van der Waals surface area contributed by atoms with Gasteiger partial charge in [0, 0.05) is 12.2 Å². The average molecular weight is 426 g/mol. The number of carbonyl (C=O) groups excluding carboxylic acids is 1. The van der Waals surface area contributed by atoms with Gasteiger partial charge in [0.25, 0.3) is 0 Å². The predicted octanol–water partition coefficient (Wildman–Crippen LogP) is 5.60. The molecule has 1 amide bonds. The molecule has 0 aliphatic carbocycles. The first-order chi connectivity index (χ1) is 14.7. The van der Waals surface area contributed by atoms with Crippen LogP contribution in [0.2, 0.25) is 0 Å². The van der Waals surface area contributed by atoms with Crippen LogP contribution in [0.4, 0.5) is 18.9 Å². The number of amides is 1. The normalized spacial score (nSPS) is 12.5. The molecule has 3 aromatic carbocycles. The van der Waals surface area contributed by atoms with Gasteiger partial charge in [0.2, 0.25) is 5.91 Å². The Morgan fingerprint density at radius 3 is 2.29 bits per heavy atom. The van der Waals surface area contributed by atoms with Crippen LogP contribution < -0.4 is 10.6 Å². The van der Waals surface area contributed by atoms with E-state index >= 15 is 0 Å². The van der Waals surface area contributed by atoms with E-state index in [9.17, 15) is 18.0 Å². The second kappa shape index (κ2) is 9.35. The molecule has 6 heteroatoms. The Labute approximate surface area is 180 Å². The van der Waals surface area contributed by atoms with Crippen molar-refractivity contribution < 1.29 is 18.0 Å². The molecule has 3 rings (SSSR count). The molecular formula is C25H25F3N2O. The summed E-state index contributed by atoms with van der Waals surface area (Å²) in [5.41, 5.74) is 9.51. The molecule has 0 aromatic heterocycles. The summed E-state index contributed by atoms with van der Waals surface area (Å²) >= 11 is 0. The van der Waals surface area contributed by atoms with Gasteiger partial charge >= 0.3 is 6.18 Å². The van der Waals surface area contributed by atoms with E-state index in [0.29, 0.717) is 16.8 Å². The lowest BCUT2D eigenvalue weighted by Gasteiger charge is -2.27. The number of nitrogens with zero attached hydrogens (tertiary/aromatic N) is 1. The quantitative estimate of drug-likeness (QED) is 0.558. The molecule has 0 saturated heterocycles. The van der Waals surface area contributed by atoms with Crippen LogP contribution in [0, 0.1) is 13.8 Å². The van der Waals surface area contributed by atoms with Gasteiger partial charge in [0.15, 0.2) is 0 Å². The van der Waals surface area contributed by atoms with E-state index in [-0.39, 0.29) is 18.9 Å². The number of nitrogens with two attached hydrogens (primary N) is 1. The van der Waals surface area contributed by atoms with E-state index in [1.165, 1.54) is 6.07 Å². The zero-order valence-electron chi connectivity index (χ0n) is 17.5. The summed E-state index contributed by atoms with van der Waals surface area (Å²) in [6, 6.07) is 19.0. The highest BCUT2D eigenvalue weighted by molar-refractivity contribution is 5.97. The molecule has 0 saturated carbocycles. The molecule has 1 atom stereocenters. The minimum absolute atomic E-state index is 0.211. The maximum absolute atomic E-state index is 13.3. The Balaban J connectivity index is 1.89. The van der Waals surface area contributed by atoms with E-state index in [1.807, 2.05) is 50.2 Å². The van der Waals surface area contributed by atoms with Crippen LogP contribution in [0.5, 0.6) is 0 Å². The van der Waals surface area contributed by atoms with Crippen molar-refractivity contribution in [1.82, 2.24) is 0 Å². The Morgan fingerprint density at radius 1 is 0.935 bits per heavy atom. The summed E-state index contributed by atoms with van der Waals surface area (Å²) in [6.45, 7) is 4.14. The largest absolute Gasteiger partial charge is 0.416 e. The zero-order valence-corrected chi connectivity index (χ0v) is 17.5. The summed E-state index contributed by atoms with van der Waals surface area (Å²) in [5, 5.41) is 0. The monoisotopic (exact) mass is 426 g/mol. The molecule has 0 bridgehead atoms. The highest BCUT2D eigenvalue weighted by atomic mass is 19.4. The maximum atomic E-state index is 13.3. The van der Waals surface area contributed by atoms with Crippen LogP contribution in [0.1, 0.15) is 33.9 Å². The van der Waals surface area contributed by atoms with E-state index in [2.05, 4.69) is 0 Å². The lowest BCUT2D eigenvalue weighted by Crippen LogP contribution is -2.40. The maximum Gasteiger partial charge on any atom is 0.416 e. The van der Waals surface area contributed by atoms with Crippen molar-refractivity contribution in [2.45, 2.75) is 32.5 Å². The summed E-state index contributed by atoms with van der Waals surface area (Å²) in [5.74, 6) is -0.304. The first-order valence-electron chi connectivity index (χ1n) is 10.0. The van der Waals surface area contributed by atoms with Gasteiger partial charge in [-0.15, -0.1) is 0 Å². The lowest BCUT2D eigenvalue weighted by atomic mass is 10.0. The number of anilines is 1. The smallest absolute Gasteiger partial charge is 0.316 e. The fraction of sp³-hybridized carbons (Fsp3) is 0.240. The van der Waals surface area contributed by atoms with Gasteiger partial charge in [-0.05, 0) is 60.7 Å². The fourth-order valence-corrected chi connectivity index (χ4v) is 3.37. The first kappa shape index (κ1) is 22.6. The third kappa shape index (κ3) is 5.52. The Hall–Kier alpha value is -3.12. The molecule has 0 aliphatic heterocycles. The molecule has 0 heterocycles. The molecule has 0 spiro atoms. The van der Waals surface area contributed by atoms with E-state index in [4.69, 9.17) is 5.73 Å². The molecule has 2 N–H and O–H groups in total. The van der Waals surface area contributed by atoms with E-state index < -0.39 is 17.8 Å². The van der Waals surface area contributed by atoms with Crippen molar-refractivity contribution in [3.8, 4) is 0 Å². The lowest BCUT2D eigenvalue weighted by molar-refractivity contribution is -0.137. The zero-order chi connectivity index (χ0) is 22.6.